The summed E-state index contributed by atoms with van der Waals surface area (Å²) in [5.74, 6) is 0.264. The highest BCUT2D eigenvalue weighted by atomic mass is 32.2. The molecule has 4 heterocycles. The normalized spacial score (nSPS) is 21.8. The van der Waals surface area contributed by atoms with Crippen molar-refractivity contribution in [3.8, 4) is 0 Å². The molecule has 9 heteroatoms. The van der Waals surface area contributed by atoms with Crippen LogP contribution in [-0.4, -0.2) is 45.8 Å². The number of nitrogens with zero attached hydrogens (tertiary/aromatic N) is 4. The predicted molar refractivity (Wildman–Crippen MR) is 125 cm³/mol. The van der Waals surface area contributed by atoms with E-state index in [0.29, 0.717) is 17.9 Å². The standard InChI is InChI=1S/C22H22N4O3S2/c1-2-15-6-8-17(9-7-15)26(22-24-18-13-31(28,29)14-19(18)30-22)12-16-11-21(27)25-10-4-3-5-20(25)23-16/h3-11,18-19H,2,12-14H2,1H3. The molecule has 7 nitrogen and oxygen atoms in total. The Hall–Kier alpha value is -2.65. The van der Waals surface area contributed by atoms with Gasteiger partial charge in [-0.2, -0.15) is 0 Å². The fourth-order valence-corrected chi connectivity index (χ4v) is 7.78. The maximum atomic E-state index is 12.6. The van der Waals surface area contributed by atoms with Crippen LogP contribution in [0.4, 0.5) is 5.69 Å². The van der Waals surface area contributed by atoms with Gasteiger partial charge in [-0.05, 0) is 36.2 Å². The molecule has 0 spiro atoms. The molecular formula is C22H22N4O3S2. The lowest BCUT2D eigenvalue weighted by Crippen LogP contribution is -2.29. The number of benzene rings is 1. The van der Waals surface area contributed by atoms with Crippen molar-refractivity contribution in [2.45, 2.75) is 31.2 Å². The summed E-state index contributed by atoms with van der Waals surface area (Å²) in [6.45, 7) is 2.49. The van der Waals surface area contributed by atoms with Crippen LogP contribution < -0.4 is 10.5 Å². The molecule has 0 saturated carbocycles. The van der Waals surface area contributed by atoms with Gasteiger partial charge in [0.25, 0.3) is 5.56 Å². The Morgan fingerprint density at radius 1 is 1.16 bits per heavy atom. The van der Waals surface area contributed by atoms with Gasteiger partial charge in [0, 0.05) is 23.2 Å². The molecule has 0 radical (unpaired) electrons. The van der Waals surface area contributed by atoms with Gasteiger partial charge in [0.05, 0.1) is 29.8 Å². The number of fused-ring (bicyclic) bond motifs is 2. The molecule has 3 aromatic rings. The van der Waals surface area contributed by atoms with E-state index in [1.165, 1.54) is 21.7 Å². The van der Waals surface area contributed by atoms with Crippen LogP contribution in [0.15, 0.2) is 64.5 Å². The second-order valence-electron chi connectivity index (χ2n) is 7.83. The van der Waals surface area contributed by atoms with E-state index < -0.39 is 9.84 Å². The lowest BCUT2D eigenvalue weighted by Gasteiger charge is -2.24. The third-order valence-corrected chi connectivity index (χ3v) is 8.88. The first-order chi connectivity index (χ1) is 14.9. The third kappa shape index (κ3) is 3.99. The van der Waals surface area contributed by atoms with E-state index >= 15 is 0 Å². The summed E-state index contributed by atoms with van der Waals surface area (Å²) < 4.78 is 25.5. The zero-order valence-corrected chi connectivity index (χ0v) is 18.6. The van der Waals surface area contributed by atoms with Crippen LogP contribution in [0.2, 0.25) is 0 Å². The third-order valence-electron chi connectivity index (χ3n) is 5.64. The number of anilines is 1. The first kappa shape index (κ1) is 20.3. The Kier molecular flexibility index (Phi) is 5.10. The fourth-order valence-electron chi connectivity index (χ4n) is 4.00. The minimum absolute atomic E-state index is 0.0485. The molecule has 2 atom stereocenters. The summed E-state index contributed by atoms with van der Waals surface area (Å²) >= 11 is 1.51. The Balaban J connectivity index is 1.52. The van der Waals surface area contributed by atoms with Crippen molar-refractivity contribution in [3.05, 3.63) is 76.3 Å². The summed E-state index contributed by atoms with van der Waals surface area (Å²) in [7, 11) is -3.02. The zero-order valence-electron chi connectivity index (χ0n) is 17.0. The van der Waals surface area contributed by atoms with Crippen LogP contribution in [0.1, 0.15) is 18.2 Å². The fraction of sp³-hybridized carbons (Fsp3) is 0.318. The van der Waals surface area contributed by atoms with E-state index in [4.69, 9.17) is 4.99 Å². The number of rotatable bonds is 4. The molecule has 1 aromatic carbocycles. The molecule has 5 rings (SSSR count). The number of aliphatic imine (C=N–C) groups is 1. The van der Waals surface area contributed by atoms with Crippen LogP contribution in [0.5, 0.6) is 0 Å². The van der Waals surface area contributed by atoms with Gasteiger partial charge in [0.1, 0.15) is 5.65 Å². The molecule has 0 N–H and O–H groups in total. The van der Waals surface area contributed by atoms with Crippen molar-refractivity contribution in [3.63, 3.8) is 0 Å². The first-order valence-electron chi connectivity index (χ1n) is 10.2. The molecule has 2 aromatic heterocycles. The first-order valence-corrected chi connectivity index (χ1v) is 12.9. The summed E-state index contributed by atoms with van der Waals surface area (Å²) in [6.07, 6.45) is 2.65. The number of amidine groups is 1. The van der Waals surface area contributed by atoms with E-state index in [2.05, 4.69) is 24.0 Å². The smallest absolute Gasteiger partial charge is 0.258 e. The molecule has 2 aliphatic heterocycles. The molecular weight excluding hydrogens is 432 g/mol. The van der Waals surface area contributed by atoms with Crippen LogP contribution in [0.3, 0.4) is 0 Å². The van der Waals surface area contributed by atoms with E-state index in [1.54, 1.807) is 18.3 Å². The van der Waals surface area contributed by atoms with Crippen molar-refractivity contribution in [1.29, 1.82) is 0 Å². The summed E-state index contributed by atoms with van der Waals surface area (Å²) in [4.78, 5) is 24.0. The van der Waals surface area contributed by atoms with Crippen LogP contribution in [0, 0.1) is 0 Å². The molecule has 1 fully saturated rings. The molecule has 0 aliphatic carbocycles. The molecule has 31 heavy (non-hydrogen) atoms. The second kappa shape index (κ2) is 7.80. The number of sulfone groups is 1. The summed E-state index contributed by atoms with van der Waals surface area (Å²) in [5.41, 5.74) is 3.28. The quantitative estimate of drug-likeness (QED) is 0.602. The number of aromatic nitrogens is 2. The molecule has 0 bridgehead atoms. The average Bonchev–Trinajstić information content (AvgIpc) is 3.25. The predicted octanol–water partition coefficient (Wildman–Crippen LogP) is 2.53. The van der Waals surface area contributed by atoms with E-state index in [-0.39, 0.29) is 28.4 Å². The minimum Gasteiger partial charge on any atom is -0.315 e. The number of hydrogen-bond acceptors (Lipinski definition) is 7. The van der Waals surface area contributed by atoms with Crippen molar-refractivity contribution in [2.75, 3.05) is 16.4 Å². The lowest BCUT2D eigenvalue weighted by molar-refractivity contribution is 0.601. The number of hydrogen-bond donors (Lipinski definition) is 0. The Morgan fingerprint density at radius 3 is 2.71 bits per heavy atom. The second-order valence-corrected chi connectivity index (χ2v) is 11.2. The highest BCUT2D eigenvalue weighted by Crippen LogP contribution is 2.37. The minimum atomic E-state index is -3.02. The van der Waals surface area contributed by atoms with Gasteiger partial charge in [-0.3, -0.25) is 14.2 Å². The highest BCUT2D eigenvalue weighted by molar-refractivity contribution is 8.15. The van der Waals surface area contributed by atoms with Crippen LogP contribution in [0.25, 0.3) is 5.65 Å². The maximum absolute atomic E-state index is 12.6. The Bertz CT molecular complexity index is 1330. The van der Waals surface area contributed by atoms with Gasteiger partial charge >= 0.3 is 0 Å². The molecule has 160 valence electrons. The van der Waals surface area contributed by atoms with Crippen LogP contribution in [-0.2, 0) is 22.8 Å². The maximum Gasteiger partial charge on any atom is 0.258 e. The number of aryl methyl sites for hydroxylation is 1. The van der Waals surface area contributed by atoms with Gasteiger partial charge in [0.2, 0.25) is 0 Å². The molecule has 0 amide bonds. The topological polar surface area (TPSA) is 84.1 Å². The van der Waals surface area contributed by atoms with Gasteiger partial charge in [-0.15, -0.1) is 0 Å². The Morgan fingerprint density at radius 2 is 1.97 bits per heavy atom. The SMILES string of the molecule is CCc1ccc(N(Cc2cc(=O)n3ccccc3n2)C2=NC3CS(=O)(=O)CC3S2)cc1. The summed E-state index contributed by atoms with van der Waals surface area (Å²) in [6, 6.07) is 15.0. The summed E-state index contributed by atoms with van der Waals surface area (Å²) in [5, 5.41) is 0.733. The van der Waals surface area contributed by atoms with Gasteiger partial charge in [0.15, 0.2) is 15.0 Å². The van der Waals surface area contributed by atoms with Crippen LogP contribution >= 0.6 is 11.8 Å². The highest BCUT2D eigenvalue weighted by Gasteiger charge is 2.44. The van der Waals surface area contributed by atoms with Gasteiger partial charge in [-0.25, -0.2) is 13.4 Å². The van der Waals surface area contributed by atoms with Crippen molar-refractivity contribution >= 4 is 38.1 Å². The number of thioether (sulfide) groups is 1. The number of pyridine rings is 1. The zero-order chi connectivity index (χ0) is 21.6. The Labute approximate surface area is 184 Å². The van der Waals surface area contributed by atoms with E-state index in [1.807, 2.05) is 29.2 Å². The van der Waals surface area contributed by atoms with E-state index in [9.17, 15) is 13.2 Å². The van der Waals surface area contributed by atoms with Crippen molar-refractivity contribution in [1.82, 2.24) is 9.38 Å². The lowest BCUT2D eigenvalue weighted by atomic mass is 10.1. The largest absolute Gasteiger partial charge is 0.315 e. The molecule has 2 unspecified atom stereocenters. The van der Waals surface area contributed by atoms with Gasteiger partial charge in [-0.1, -0.05) is 36.9 Å². The van der Waals surface area contributed by atoms with Gasteiger partial charge < -0.3 is 4.90 Å². The average molecular weight is 455 g/mol. The molecule has 2 aliphatic rings. The van der Waals surface area contributed by atoms with Crippen molar-refractivity contribution in [2.24, 2.45) is 4.99 Å². The van der Waals surface area contributed by atoms with Crippen molar-refractivity contribution < 1.29 is 8.42 Å². The molecule has 1 saturated heterocycles. The van der Waals surface area contributed by atoms with E-state index in [0.717, 1.165) is 17.3 Å². The monoisotopic (exact) mass is 454 g/mol.